The average molecular weight is 551 g/mol. The van der Waals surface area contributed by atoms with Gasteiger partial charge in [0.05, 0.1) is 95.1 Å². The summed E-state index contributed by atoms with van der Waals surface area (Å²) in [7, 11) is 0. The molecule has 4 aromatic heterocycles. The number of benzene rings is 2. The van der Waals surface area contributed by atoms with Gasteiger partial charge in [-0.2, -0.15) is 0 Å². The molecule has 2 aromatic carbocycles. The Labute approximate surface area is 240 Å². The van der Waals surface area contributed by atoms with E-state index >= 15 is 0 Å². The highest BCUT2D eigenvalue weighted by molar-refractivity contribution is 5.93. The van der Waals surface area contributed by atoms with Crippen LogP contribution in [0.1, 0.15) is 0 Å². The Morgan fingerprint density at radius 2 is 0.548 bits per heavy atom. The molecule has 0 saturated heterocycles. The fourth-order valence-corrected chi connectivity index (χ4v) is 5.91. The van der Waals surface area contributed by atoms with E-state index < -0.39 is 12.3 Å². The summed E-state index contributed by atoms with van der Waals surface area (Å²) in [5, 5.41) is 0. The Morgan fingerprint density at radius 1 is 0.333 bits per heavy atom. The van der Waals surface area contributed by atoms with Gasteiger partial charge in [0.25, 0.3) is 0 Å². The number of aromatic nitrogens is 8. The van der Waals surface area contributed by atoms with Crippen molar-refractivity contribution in [1.29, 1.82) is 0 Å². The summed E-state index contributed by atoms with van der Waals surface area (Å²) in [6, 6.07) is 16.6. The van der Waals surface area contributed by atoms with E-state index in [9.17, 15) is 0 Å². The minimum Gasteiger partial charge on any atom is -0.312 e. The van der Waals surface area contributed by atoms with Gasteiger partial charge in [0.2, 0.25) is 0 Å². The Balaban J connectivity index is 1.44. The Bertz CT molecular complexity index is 1560. The van der Waals surface area contributed by atoms with Crippen molar-refractivity contribution in [2.45, 2.75) is 12.3 Å². The van der Waals surface area contributed by atoms with Crippen molar-refractivity contribution in [2.24, 2.45) is 0 Å². The summed E-state index contributed by atoms with van der Waals surface area (Å²) in [6.07, 6.45) is 20.0. The molecule has 202 valence electrons. The van der Waals surface area contributed by atoms with E-state index in [2.05, 4.69) is 83.7 Å². The number of nitrogens with zero attached hydrogens (tertiary/aromatic N) is 12. The first kappa shape index (κ1) is 23.8. The van der Waals surface area contributed by atoms with Crippen molar-refractivity contribution in [3.63, 3.8) is 0 Å². The summed E-state index contributed by atoms with van der Waals surface area (Å²) in [6.45, 7) is 0. The van der Waals surface area contributed by atoms with Crippen LogP contribution in [0.5, 0.6) is 0 Å². The summed E-state index contributed by atoms with van der Waals surface area (Å²) in [5.74, 6) is 0. The van der Waals surface area contributed by atoms with Crippen LogP contribution in [-0.4, -0.2) is 52.2 Å². The van der Waals surface area contributed by atoms with E-state index in [1.165, 1.54) is 25.3 Å². The van der Waals surface area contributed by atoms with Crippen molar-refractivity contribution in [3.8, 4) is 0 Å². The first-order chi connectivity index (χ1) is 20.9. The molecule has 0 unspecified atom stereocenters. The Hall–Kier alpha value is -6.04. The van der Waals surface area contributed by atoms with Crippen LogP contribution in [0.15, 0.2) is 123 Å². The second-order valence-corrected chi connectivity index (χ2v) is 9.67. The van der Waals surface area contributed by atoms with Gasteiger partial charge in [-0.05, 0) is 24.3 Å². The SMILES string of the molecule is c1ccc2c(c1)N(c1cncnc1)C(C1N(c3cncnc3)c3ccccc3N1c1cncnc1)N2c1cncnc1. The van der Waals surface area contributed by atoms with Gasteiger partial charge in [-0.25, -0.2) is 39.9 Å². The maximum absolute atomic E-state index is 4.39. The minimum atomic E-state index is -0.396. The maximum atomic E-state index is 4.39. The molecule has 6 heterocycles. The molecular formula is C30H22N12. The summed E-state index contributed by atoms with van der Waals surface area (Å²) in [4.78, 5) is 44.2. The number of para-hydroxylation sites is 4. The zero-order chi connectivity index (χ0) is 27.9. The van der Waals surface area contributed by atoms with E-state index in [1.807, 2.05) is 73.8 Å². The van der Waals surface area contributed by atoms with Crippen molar-refractivity contribution in [2.75, 3.05) is 19.6 Å². The molecule has 2 aliphatic rings. The molecule has 0 saturated carbocycles. The molecule has 0 fully saturated rings. The number of hydrogen-bond acceptors (Lipinski definition) is 12. The molecule has 0 spiro atoms. The molecule has 42 heavy (non-hydrogen) atoms. The number of hydrogen-bond donors (Lipinski definition) is 0. The third-order valence-corrected chi connectivity index (χ3v) is 7.43. The molecule has 0 radical (unpaired) electrons. The van der Waals surface area contributed by atoms with Crippen LogP contribution in [0.4, 0.5) is 45.5 Å². The standard InChI is InChI=1S/C30H22N12/c1-2-6-26-25(5-1)39(21-9-31-17-32-10-21)29(40(26)22-11-33-18-34-12-22)30-41(23-13-35-19-36-14-23)27-7-3-4-8-28(27)42(30)24-15-37-20-38-16-24/h1-20,29-30H. The van der Waals surface area contributed by atoms with E-state index in [-0.39, 0.29) is 0 Å². The first-order valence-corrected chi connectivity index (χ1v) is 13.3. The van der Waals surface area contributed by atoms with Crippen LogP contribution in [0.3, 0.4) is 0 Å². The second kappa shape index (κ2) is 9.86. The van der Waals surface area contributed by atoms with Gasteiger partial charge in [-0.3, -0.25) is 0 Å². The fraction of sp³-hybridized carbons (Fsp3) is 0.0667. The lowest BCUT2D eigenvalue weighted by Gasteiger charge is -2.43. The third kappa shape index (κ3) is 3.69. The van der Waals surface area contributed by atoms with Crippen LogP contribution in [-0.2, 0) is 0 Å². The highest BCUT2D eigenvalue weighted by atomic mass is 15.5. The average Bonchev–Trinajstić information content (AvgIpc) is 3.59. The van der Waals surface area contributed by atoms with E-state index in [1.54, 1.807) is 0 Å². The minimum absolute atomic E-state index is 0.396. The number of fused-ring (bicyclic) bond motifs is 2. The fourth-order valence-electron chi connectivity index (χ4n) is 5.91. The molecule has 8 rings (SSSR count). The van der Waals surface area contributed by atoms with Crippen molar-refractivity contribution in [1.82, 2.24) is 39.9 Å². The van der Waals surface area contributed by atoms with E-state index in [4.69, 9.17) is 0 Å². The predicted molar refractivity (Wildman–Crippen MR) is 157 cm³/mol. The van der Waals surface area contributed by atoms with E-state index in [0.29, 0.717) is 0 Å². The zero-order valence-electron chi connectivity index (χ0n) is 22.1. The molecule has 0 atom stereocenters. The van der Waals surface area contributed by atoms with Crippen molar-refractivity contribution >= 4 is 45.5 Å². The molecule has 12 nitrogen and oxygen atoms in total. The first-order valence-electron chi connectivity index (χ1n) is 13.3. The highest BCUT2D eigenvalue weighted by Crippen LogP contribution is 2.55. The molecule has 2 aliphatic heterocycles. The van der Waals surface area contributed by atoms with Gasteiger partial charge in [0.15, 0.2) is 12.3 Å². The van der Waals surface area contributed by atoms with Crippen molar-refractivity contribution in [3.05, 3.63) is 123 Å². The molecule has 12 heteroatoms. The lowest BCUT2D eigenvalue weighted by atomic mass is 10.2. The molecule has 0 N–H and O–H groups in total. The molecule has 0 amide bonds. The van der Waals surface area contributed by atoms with Crippen molar-refractivity contribution < 1.29 is 0 Å². The Kier molecular flexibility index (Phi) is 5.59. The summed E-state index contributed by atoms with van der Waals surface area (Å²) >= 11 is 0. The van der Waals surface area contributed by atoms with Crippen LogP contribution in [0.25, 0.3) is 0 Å². The highest BCUT2D eigenvalue weighted by Gasteiger charge is 2.52. The maximum Gasteiger partial charge on any atom is 0.151 e. The Morgan fingerprint density at radius 3 is 0.762 bits per heavy atom. The summed E-state index contributed by atoms with van der Waals surface area (Å²) in [5.41, 5.74) is 7.29. The van der Waals surface area contributed by atoms with E-state index in [0.717, 1.165) is 45.5 Å². The second-order valence-electron chi connectivity index (χ2n) is 9.67. The molecule has 0 bridgehead atoms. The van der Waals surface area contributed by atoms with Gasteiger partial charge in [-0.15, -0.1) is 0 Å². The predicted octanol–water partition coefficient (Wildman–Crippen LogP) is 4.78. The molecular weight excluding hydrogens is 528 g/mol. The zero-order valence-corrected chi connectivity index (χ0v) is 22.1. The number of rotatable bonds is 5. The normalized spacial score (nSPS) is 14.8. The van der Waals surface area contributed by atoms with Gasteiger partial charge in [-0.1, -0.05) is 24.3 Å². The third-order valence-electron chi connectivity index (χ3n) is 7.43. The quantitative estimate of drug-likeness (QED) is 0.294. The summed E-state index contributed by atoms with van der Waals surface area (Å²) < 4.78 is 0. The number of anilines is 8. The topological polar surface area (TPSA) is 116 Å². The van der Waals surface area contributed by atoms with Crippen LogP contribution < -0.4 is 19.6 Å². The lowest BCUT2D eigenvalue weighted by Crippen LogP contribution is -2.58. The monoisotopic (exact) mass is 550 g/mol. The smallest absolute Gasteiger partial charge is 0.151 e. The van der Waals surface area contributed by atoms with Gasteiger partial charge in [0.1, 0.15) is 25.3 Å². The molecule has 0 aliphatic carbocycles. The van der Waals surface area contributed by atoms with Gasteiger partial charge >= 0.3 is 0 Å². The largest absolute Gasteiger partial charge is 0.312 e. The van der Waals surface area contributed by atoms with Crippen LogP contribution in [0.2, 0.25) is 0 Å². The van der Waals surface area contributed by atoms with Crippen LogP contribution in [0, 0.1) is 0 Å². The van der Waals surface area contributed by atoms with Gasteiger partial charge in [0, 0.05) is 0 Å². The van der Waals surface area contributed by atoms with Gasteiger partial charge < -0.3 is 19.6 Å². The van der Waals surface area contributed by atoms with Crippen LogP contribution >= 0.6 is 0 Å². The lowest BCUT2D eigenvalue weighted by molar-refractivity contribution is 0.547. The molecule has 6 aromatic rings.